The van der Waals surface area contributed by atoms with Gasteiger partial charge in [-0.2, -0.15) is 0 Å². The van der Waals surface area contributed by atoms with Gasteiger partial charge in [-0.05, 0) is 45.8 Å². The van der Waals surface area contributed by atoms with Gasteiger partial charge in [-0.25, -0.2) is 0 Å². The molecular formula is C26H32N2O4S4. The van der Waals surface area contributed by atoms with Gasteiger partial charge in [0.05, 0.1) is 25.4 Å². The molecule has 0 amide bonds. The van der Waals surface area contributed by atoms with Crippen LogP contribution in [0.1, 0.15) is 31.7 Å². The molecule has 0 fully saturated rings. The monoisotopic (exact) mass is 564 g/mol. The molecule has 0 saturated heterocycles. The van der Waals surface area contributed by atoms with Crippen LogP contribution in [0.2, 0.25) is 0 Å². The van der Waals surface area contributed by atoms with E-state index in [0.717, 1.165) is 19.5 Å². The van der Waals surface area contributed by atoms with Gasteiger partial charge in [0.1, 0.15) is 12.2 Å². The highest BCUT2D eigenvalue weighted by molar-refractivity contribution is 7.12. The zero-order valence-electron chi connectivity index (χ0n) is 19.8. The topological polar surface area (TPSA) is 83.0 Å². The van der Waals surface area contributed by atoms with Crippen LogP contribution in [0.15, 0.2) is 70.1 Å². The van der Waals surface area contributed by atoms with Gasteiger partial charge in [0, 0.05) is 45.7 Å². The van der Waals surface area contributed by atoms with E-state index >= 15 is 0 Å². The first kappa shape index (κ1) is 27.6. The summed E-state index contributed by atoms with van der Waals surface area (Å²) in [7, 11) is 0. The molecule has 0 radical (unpaired) electrons. The lowest BCUT2D eigenvalue weighted by Gasteiger charge is -2.19. The summed E-state index contributed by atoms with van der Waals surface area (Å²) in [5.74, 6) is 0. The fourth-order valence-corrected chi connectivity index (χ4v) is 6.93. The molecule has 0 unspecified atom stereocenters. The average Bonchev–Trinajstić information content (AvgIpc) is 3.71. The van der Waals surface area contributed by atoms with Crippen LogP contribution in [0.5, 0.6) is 0 Å². The van der Waals surface area contributed by atoms with Crippen LogP contribution in [-0.2, 0) is 9.47 Å². The Morgan fingerprint density at radius 1 is 0.583 bits per heavy atom. The van der Waals surface area contributed by atoms with Gasteiger partial charge in [0.25, 0.3) is 0 Å². The minimum absolute atomic E-state index is 0.135. The molecule has 0 bridgehead atoms. The third-order valence-electron chi connectivity index (χ3n) is 5.36. The molecule has 0 saturated carbocycles. The maximum atomic E-state index is 10.4. The van der Waals surface area contributed by atoms with Crippen LogP contribution in [0.25, 0.3) is 0 Å². The van der Waals surface area contributed by atoms with Crippen molar-refractivity contribution in [1.82, 2.24) is 10.6 Å². The van der Waals surface area contributed by atoms with Gasteiger partial charge in [0.15, 0.2) is 0 Å². The maximum absolute atomic E-state index is 10.4. The molecule has 4 aromatic heterocycles. The van der Waals surface area contributed by atoms with Crippen molar-refractivity contribution in [3.05, 3.63) is 89.6 Å². The first-order chi connectivity index (χ1) is 17.7. The molecule has 10 heteroatoms. The summed E-state index contributed by atoms with van der Waals surface area (Å²) < 4.78 is 12.1. The summed E-state index contributed by atoms with van der Waals surface area (Å²) >= 11 is 6.64. The molecule has 4 aromatic rings. The van der Waals surface area contributed by atoms with Crippen molar-refractivity contribution in [2.45, 2.75) is 24.4 Å². The molecule has 0 aromatic carbocycles. The summed E-state index contributed by atoms with van der Waals surface area (Å²) in [6.07, 6.45) is -1.47. The van der Waals surface area contributed by atoms with Gasteiger partial charge in [-0.3, -0.25) is 0 Å². The lowest BCUT2D eigenvalue weighted by molar-refractivity contribution is 0.00796. The number of aliphatic hydroxyl groups is 2. The van der Waals surface area contributed by atoms with Gasteiger partial charge < -0.3 is 30.3 Å². The van der Waals surface area contributed by atoms with E-state index in [-0.39, 0.29) is 25.4 Å². The van der Waals surface area contributed by atoms with Gasteiger partial charge in [0.2, 0.25) is 0 Å². The summed E-state index contributed by atoms with van der Waals surface area (Å²) in [4.78, 5) is 4.56. The van der Waals surface area contributed by atoms with E-state index < -0.39 is 12.2 Å². The zero-order valence-corrected chi connectivity index (χ0v) is 23.1. The van der Waals surface area contributed by atoms with Crippen molar-refractivity contribution in [3.8, 4) is 0 Å². The summed E-state index contributed by atoms with van der Waals surface area (Å²) in [5.41, 5.74) is 0. The lowest BCUT2D eigenvalue weighted by atomic mass is 10.2. The Kier molecular flexibility index (Phi) is 11.6. The van der Waals surface area contributed by atoms with Crippen LogP contribution < -0.4 is 10.6 Å². The maximum Gasteiger partial charge on any atom is 0.126 e. The number of nitrogens with one attached hydrogen (secondary N) is 2. The highest BCUT2D eigenvalue weighted by atomic mass is 32.1. The molecule has 194 valence electrons. The first-order valence-electron chi connectivity index (χ1n) is 11.8. The Balaban J connectivity index is 1.08. The van der Waals surface area contributed by atoms with Crippen molar-refractivity contribution in [3.63, 3.8) is 0 Å². The van der Waals surface area contributed by atoms with Crippen molar-refractivity contribution < 1.29 is 19.7 Å². The minimum atomic E-state index is -0.599. The molecule has 4 rings (SSSR count). The summed E-state index contributed by atoms with van der Waals surface area (Å²) in [6, 6.07) is 16.3. The van der Waals surface area contributed by atoms with E-state index in [0.29, 0.717) is 26.2 Å². The molecule has 36 heavy (non-hydrogen) atoms. The predicted molar refractivity (Wildman–Crippen MR) is 151 cm³/mol. The number of aliphatic hydroxyl groups excluding tert-OH is 2. The van der Waals surface area contributed by atoms with E-state index in [2.05, 4.69) is 34.9 Å². The van der Waals surface area contributed by atoms with Crippen LogP contribution in [0.4, 0.5) is 0 Å². The lowest BCUT2D eigenvalue weighted by Crippen LogP contribution is -2.38. The first-order valence-corrected chi connectivity index (χ1v) is 15.4. The quantitative estimate of drug-likeness (QED) is 0.139. The fraction of sp³-hybridized carbons (Fsp3) is 0.385. The Bertz CT molecular complexity index is 901. The van der Waals surface area contributed by atoms with Crippen molar-refractivity contribution in [2.24, 2.45) is 0 Å². The number of thiophene rings is 4. The molecule has 2 atom stereocenters. The molecule has 4 N–H and O–H groups in total. The van der Waals surface area contributed by atoms with Crippen LogP contribution in [-0.4, -0.2) is 61.8 Å². The molecule has 0 aliphatic heterocycles. The Hall–Kier alpha value is -1.44. The standard InChI is InChI=1S/C26H32N2O4S4/c29-19(17-31-25(21-5-1-11-33-21)22-6-2-12-34-22)15-27-9-10-28-16-20(30)18-32-26(23-7-3-13-35-23)24-8-4-14-36-24/h1-8,11-14,19-20,25-30H,9-10,15-18H2/t19-,20-/m0/s1. The van der Waals surface area contributed by atoms with Crippen LogP contribution >= 0.6 is 45.3 Å². The third kappa shape index (κ3) is 8.56. The highest BCUT2D eigenvalue weighted by Gasteiger charge is 2.20. The molecule has 0 aliphatic rings. The van der Waals surface area contributed by atoms with E-state index in [1.165, 1.54) is 0 Å². The highest BCUT2D eigenvalue weighted by Crippen LogP contribution is 2.33. The Labute approximate surface area is 228 Å². The van der Waals surface area contributed by atoms with Gasteiger partial charge in [-0.15, -0.1) is 45.3 Å². The van der Waals surface area contributed by atoms with E-state index in [4.69, 9.17) is 9.47 Å². The largest absolute Gasteiger partial charge is 0.389 e. The van der Waals surface area contributed by atoms with Crippen molar-refractivity contribution in [1.29, 1.82) is 0 Å². The summed E-state index contributed by atoms with van der Waals surface area (Å²) in [5, 5.41) is 35.4. The second-order valence-electron chi connectivity index (χ2n) is 8.20. The van der Waals surface area contributed by atoms with Crippen LogP contribution in [0, 0.1) is 0 Å². The number of rotatable bonds is 17. The molecule has 0 aliphatic carbocycles. The molecule has 0 spiro atoms. The predicted octanol–water partition coefficient (Wildman–Crippen LogP) is 4.75. The third-order valence-corrected chi connectivity index (χ3v) is 9.02. The van der Waals surface area contributed by atoms with Crippen molar-refractivity contribution in [2.75, 3.05) is 39.4 Å². The number of hydrogen-bond donors (Lipinski definition) is 4. The fourth-order valence-electron chi connectivity index (χ4n) is 3.62. The van der Waals surface area contributed by atoms with E-state index in [9.17, 15) is 10.2 Å². The second kappa shape index (κ2) is 15.1. The van der Waals surface area contributed by atoms with Gasteiger partial charge in [-0.1, -0.05) is 24.3 Å². The number of ether oxygens (including phenoxy) is 2. The SMILES string of the molecule is O[C@@H](CNCCNC[C@H](O)COC(c1cccs1)c1cccs1)COC(c1cccs1)c1cccs1. The minimum Gasteiger partial charge on any atom is -0.389 e. The van der Waals surface area contributed by atoms with E-state index in [1.54, 1.807) is 45.3 Å². The molecule has 6 nitrogen and oxygen atoms in total. The Morgan fingerprint density at radius 3 is 1.19 bits per heavy atom. The van der Waals surface area contributed by atoms with Crippen LogP contribution in [0.3, 0.4) is 0 Å². The number of hydrogen-bond acceptors (Lipinski definition) is 10. The molecular weight excluding hydrogens is 533 g/mol. The van der Waals surface area contributed by atoms with Gasteiger partial charge >= 0.3 is 0 Å². The smallest absolute Gasteiger partial charge is 0.126 e. The summed E-state index contributed by atoms with van der Waals surface area (Å²) in [6.45, 7) is 2.75. The Morgan fingerprint density at radius 2 is 0.917 bits per heavy atom. The normalized spacial score (nSPS) is 13.6. The van der Waals surface area contributed by atoms with Crippen molar-refractivity contribution >= 4 is 45.3 Å². The van der Waals surface area contributed by atoms with E-state index in [1.807, 2.05) is 45.8 Å². The average molecular weight is 565 g/mol. The zero-order chi connectivity index (χ0) is 25.0. The second-order valence-corrected chi connectivity index (χ2v) is 12.1. The molecule has 4 heterocycles.